The van der Waals surface area contributed by atoms with Gasteiger partial charge in [0.2, 0.25) is 10.0 Å². The largest absolute Gasteiger partial charge is 0.494 e. The van der Waals surface area contributed by atoms with Gasteiger partial charge in [0, 0.05) is 14.1 Å². The summed E-state index contributed by atoms with van der Waals surface area (Å²) in [6, 6.07) is 17.5. The first-order chi connectivity index (χ1) is 17.6. The fourth-order valence-corrected chi connectivity index (χ4v) is 4.76. The van der Waals surface area contributed by atoms with Gasteiger partial charge in [0.25, 0.3) is 5.56 Å². The Kier molecular flexibility index (Phi) is 7.63. The molecule has 3 aromatic carbocycles. The minimum atomic E-state index is -3.80. The van der Waals surface area contributed by atoms with Crippen LogP contribution in [0.3, 0.4) is 0 Å². The van der Waals surface area contributed by atoms with Crippen LogP contribution in [0.1, 0.15) is 23.1 Å². The van der Waals surface area contributed by atoms with Crippen molar-refractivity contribution in [2.75, 3.05) is 20.7 Å². The summed E-state index contributed by atoms with van der Waals surface area (Å²) in [6.45, 7) is 2.00. The lowest BCUT2D eigenvalue weighted by atomic mass is 10.2. The summed E-state index contributed by atoms with van der Waals surface area (Å²) in [6.07, 6.45) is 0. The predicted octanol–water partition coefficient (Wildman–Crippen LogP) is 4.05. The number of nitrogens with zero attached hydrogens (tertiary/aromatic N) is 3. The first kappa shape index (κ1) is 26.3. The minimum absolute atomic E-state index is 0.0260. The Morgan fingerprint density at radius 2 is 1.76 bits per heavy atom. The SMILES string of the molecule is CCOc1ccc(-n2c(COC(=O)c3cc(S(=O)(=O)N(C)C)ccc3Cl)nc3ccccc3c2=O)cc1. The summed E-state index contributed by atoms with van der Waals surface area (Å²) in [7, 11) is -1.03. The zero-order valence-corrected chi connectivity index (χ0v) is 21.9. The number of para-hydroxylation sites is 1. The zero-order chi connectivity index (χ0) is 26.7. The number of benzene rings is 3. The van der Waals surface area contributed by atoms with Crippen LogP contribution >= 0.6 is 11.6 Å². The number of fused-ring (bicyclic) bond motifs is 1. The van der Waals surface area contributed by atoms with Gasteiger partial charge in [-0.25, -0.2) is 22.5 Å². The molecule has 0 aliphatic heterocycles. The maximum Gasteiger partial charge on any atom is 0.340 e. The molecular weight excluding hydrogens is 518 g/mol. The van der Waals surface area contributed by atoms with Crippen LogP contribution in [0.15, 0.2) is 76.4 Å². The van der Waals surface area contributed by atoms with E-state index in [1.165, 1.54) is 30.8 Å². The van der Waals surface area contributed by atoms with Crippen molar-refractivity contribution in [1.29, 1.82) is 0 Å². The van der Waals surface area contributed by atoms with Gasteiger partial charge in [-0.05, 0) is 61.5 Å². The third kappa shape index (κ3) is 5.36. The van der Waals surface area contributed by atoms with E-state index in [9.17, 15) is 18.0 Å². The van der Waals surface area contributed by atoms with E-state index < -0.39 is 16.0 Å². The van der Waals surface area contributed by atoms with E-state index >= 15 is 0 Å². The van der Waals surface area contributed by atoms with Gasteiger partial charge in [0.1, 0.15) is 12.4 Å². The number of esters is 1. The van der Waals surface area contributed by atoms with Crippen molar-refractivity contribution in [2.45, 2.75) is 18.4 Å². The number of carbonyl (C=O) groups is 1. The smallest absolute Gasteiger partial charge is 0.340 e. The Bertz CT molecular complexity index is 1630. The number of hydrogen-bond acceptors (Lipinski definition) is 7. The molecule has 0 unspecified atom stereocenters. The molecule has 0 aliphatic rings. The van der Waals surface area contributed by atoms with E-state index in [2.05, 4.69) is 4.98 Å². The highest BCUT2D eigenvalue weighted by Crippen LogP contribution is 2.24. The molecule has 0 N–H and O–H groups in total. The van der Waals surface area contributed by atoms with Crippen LogP contribution in [0.2, 0.25) is 5.02 Å². The van der Waals surface area contributed by atoms with Crippen LogP contribution in [0.4, 0.5) is 0 Å². The normalized spacial score (nSPS) is 11.6. The third-order valence-corrected chi connectivity index (χ3v) is 7.66. The second-order valence-corrected chi connectivity index (χ2v) is 10.7. The summed E-state index contributed by atoms with van der Waals surface area (Å²) in [4.78, 5) is 30.8. The molecule has 11 heteroatoms. The molecule has 9 nitrogen and oxygen atoms in total. The van der Waals surface area contributed by atoms with Crippen molar-refractivity contribution in [3.05, 3.63) is 93.5 Å². The molecule has 0 bridgehead atoms. The predicted molar refractivity (Wildman–Crippen MR) is 140 cm³/mol. The summed E-state index contributed by atoms with van der Waals surface area (Å²) >= 11 is 6.18. The van der Waals surface area contributed by atoms with Crippen molar-refractivity contribution < 1.29 is 22.7 Å². The average molecular weight is 542 g/mol. The first-order valence-corrected chi connectivity index (χ1v) is 13.1. The Labute approximate surface area is 218 Å². The summed E-state index contributed by atoms with van der Waals surface area (Å²) in [5.41, 5.74) is 0.492. The van der Waals surface area contributed by atoms with Crippen molar-refractivity contribution in [1.82, 2.24) is 13.9 Å². The zero-order valence-electron chi connectivity index (χ0n) is 20.3. The van der Waals surface area contributed by atoms with Gasteiger partial charge in [-0.1, -0.05) is 23.7 Å². The van der Waals surface area contributed by atoms with Crippen LogP contribution in [-0.4, -0.2) is 48.9 Å². The number of rotatable bonds is 8. The van der Waals surface area contributed by atoms with Crippen LogP contribution in [0.25, 0.3) is 16.6 Å². The highest BCUT2D eigenvalue weighted by molar-refractivity contribution is 7.89. The van der Waals surface area contributed by atoms with E-state index in [-0.39, 0.29) is 33.5 Å². The van der Waals surface area contributed by atoms with Crippen LogP contribution < -0.4 is 10.3 Å². The number of sulfonamides is 1. The molecule has 192 valence electrons. The molecule has 0 aliphatic carbocycles. The van der Waals surface area contributed by atoms with E-state index in [0.717, 1.165) is 10.4 Å². The first-order valence-electron chi connectivity index (χ1n) is 11.3. The van der Waals surface area contributed by atoms with Gasteiger partial charge >= 0.3 is 5.97 Å². The summed E-state index contributed by atoms with van der Waals surface area (Å²) < 4.78 is 38.3. The Balaban J connectivity index is 1.72. The van der Waals surface area contributed by atoms with Gasteiger partial charge in [-0.15, -0.1) is 0 Å². The maximum absolute atomic E-state index is 13.4. The van der Waals surface area contributed by atoms with E-state index in [4.69, 9.17) is 21.1 Å². The molecule has 0 saturated heterocycles. The lowest BCUT2D eigenvalue weighted by molar-refractivity contribution is 0.0459. The van der Waals surface area contributed by atoms with Crippen LogP contribution in [0.5, 0.6) is 5.75 Å². The Hall–Kier alpha value is -3.73. The fraction of sp³-hybridized carbons (Fsp3) is 0.192. The highest BCUT2D eigenvalue weighted by Gasteiger charge is 2.22. The van der Waals surface area contributed by atoms with Crippen molar-refractivity contribution in [3.63, 3.8) is 0 Å². The quantitative estimate of drug-likeness (QED) is 0.310. The second kappa shape index (κ2) is 10.7. The molecule has 0 amide bonds. The van der Waals surface area contributed by atoms with E-state index in [1.807, 2.05) is 6.92 Å². The number of hydrogen-bond donors (Lipinski definition) is 0. The minimum Gasteiger partial charge on any atom is -0.494 e. The second-order valence-electron chi connectivity index (χ2n) is 8.12. The molecule has 0 spiro atoms. The molecule has 4 aromatic rings. The number of aromatic nitrogens is 2. The summed E-state index contributed by atoms with van der Waals surface area (Å²) in [5.74, 6) is -0.0425. The van der Waals surface area contributed by atoms with Gasteiger partial charge in [-0.2, -0.15) is 0 Å². The average Bonchev–Trinajstić information content (AvgIpc) is 2.88. The number of ether oxygens (including phenoxy) is 2. The van der Waals surface area contributed by atoms with E-state index in [0.29, 0.717) is 28.9 Å². The molecule has 1 heterocycles. The van der Waals surface area contributed by atoms with Gasteiger partial charge in [-0.3, -0.25) is 9.36 Å². The maximum atomic E-state index is 13.4. The van der Waals surface area contributed by atoms with Gasteiger partial charge < -0.3 is 9.47 Å². The number of carbonyl (C=O) groups excluding carboxylic acids is 1. The fourth-order valence-electron chi connectivity index (χ4n) is 3.64. The van der Waals surface area contributed by atoms with Gasteiger partial charge in [0.15, 0.2) is 5.82 Å². The van der Waals surface area contributed by atoms with Gasteiger partial charge in [0.05, 0.1) is 38.7 Å². The molecule has 37 heavy (non-hydrogen) atoms. The molecule has 0 saturated carbocycles. The standard InChI is InChI=1S/C26H24ClN3O6S/c1-4-35-18-11-9-17(10-12-18)30-24(28-23-8-6-5-7-20(23)25(30)31)16-36-26(32)21-15-19(13-14-22(21)27)37(33,34)29(2)3/h5-15H,4,16H2,1-3H3. The van der Waals surface area contributed by atoms with E-state index in [1.54, 1.807) is 48.5 Å². The molecule has 1 aromatic heterocycles. The lowest BCUT2D eigenvalue weighted by Crippen LogP contribution is -2.25. The van der Waals surface area contributed by atoms with Crippen molar-refractivity contribution in [2.24, 2.45) is 0 Å². The molecule has 4 rings (SSSR count). The molecule has 0 atom stereocenters. The summed E-state index contributed by atoms with van der Waals surface area (Å²) in [5, 5.41) is 0.425. The molecule has 0 radical (unpaired) electrons. The van der Waals surface area contributed by atoms with Crippen LogP contribution in [0, 0.1) is 0 Å². The third-order valence-electron chi connectivity index (χ3n) is 5.52. The number of halogens is 1. The highest BCUT2D eigenvalue weighted by atomic mass is 35.5. The molecular formula is C26H24ClN3O6S. The van der Waals surface area contributed by atoms with Crippen LogP contribution in [-0.2, 0) is 21.4 Å². The monoisotopic (exact) mass is 541 g/mol. The Morgan fingerprint density at radius 1 is 1.05 bits per heavy atom. The van der Waals surface area contributed by atoms with Crippen molar-refractivity contribution >= 4 is 38.5 Å². The Morgan fingerprint density at radius 3 is 2.43 bits per heavy atom. The lowest BCUT2D eigenvalue weighted by Gasteiger charge is -2.15. The topological polar surface area (TPSA) is 108 Å². The van der Waals surface area contributed by atoms with Crippen molar-refractivity contribution in [3.8, 4) is 11.4 Å². The molecule has 0 fully saturated rings.